The van der Waals surface area contributed by atoms with Crippen LogP contribution in [0.25, 0.3) is 5.57 Å². The van der Waals surface area contributed by atoms with Crippen molar-refractivity contribution >= 4 is 29.5 Å². The molecule has 2 saturated carbocycles. The van der Waals surface area contributed by atoms with Crippen LogP contribution in [0.1, 0.15) is 112 Å². The van der Waals surface area contributed by atoms with Crippen molar-refractivity contribution in [1.82, 2.24) is 0 Å². The topological polar surface area (TPSA) is 147 Å². The van der Waals surface area contributed by atoms with Crippen LogP contribution in [-0.4, -0.2) is 53.4 Å². The summed E-state index contributed by atoms with van der Waals surface area (Å²) in [5.41, 5.74) is -5.15. The smallest absolute Gasteiger partial charge is 0.351 e. The second-order valence-corrected chi connectivity index (χ2v) is 16.4. The molecule has 2 saturated heterocycles. The molecule has 0 radical (unpaired) electrons. The molecule has 0 amide bonds. The first-order valence-electron chi connectivity index (χ1n) is 16.7. The van der Waals surface area contributed by atoms with E-state index in [4.69, 9.17) is 28.4 Å². The molecule has 11 nitrogen and oxygen atoms in total. The van der Waals surface area contributed by atoms with Gasteiger partial charge in [-0.3, -0.25) is 9.59 Å². The van der Waals surface area contributed by atoms with Crippen LogP contribution in [0.2, 0.25) is 0 Å². The summed E-state index contributed by atoms with van der Waals surface area (Å²) in [6.07, 6.45) is -0.843. The van der Waals surface area contributed by atoms with Gasteiger partial charge in [0.05, 0.1) is 28.9 Å². The minimum absolute atomic E-state index is 0.135. The standard InChI is InChI=1S/C37H43NO10/c1-19-20(12-17-38)18-43-24-21(19)10-11-22-23(24)25(44-29(41)36-15-13-34(8,27(39)47-36)32(36,4)5)26(31(2,3)46-22)45-30(42)37-16-14-35(9,28(40)48-37)33(37,6)7/h10-11,25-26H,12-16,18H2,1-9H3/t25-,26-,34?,35?,36?,37?/m1/s1. The van der Waals surface area contributed by atoms with E-state index in [1.54, 1.807) is 19.9 Å². The Morgan fingerprint density at radius 3 is 1.85 bits per heavy atom. The minimum atomic E-state index is -1.56. The summed E-state index contributed by atoms with van der Waals surface area (Å²) in [4.78, 5) is 55.2. The molecule has 0 spiro atoms. The highest BCUT2D eigenvalue weighted by Crippen LogP contribution is 2.68. The molecular formula is C37H43NO10. The van der Waals surface area contributed by atoms with E-state index in [9.17, 15) is 24.4 Å². The molecule has 4 fully saturated rings. The summed E-state index contributed by atoms with van der Waals surface area (Å²) >= 11 is 0. The Bertz CT molecular complexity index is 1780. The van der Waals surface area contributed by atoms with Gasteiger partial charge in [-0.25, -0.2) is 9.59 Å². The molecule has 11 heteroatoms. The zero-order chi connectivity index (χ0) is 35.0. The Morgan fingerprint density at radius 1 is 0.833 bits per heavy atom. The third kappa shape index (κ3) is 3.59. The summed E-state index contributed by atoms with van der Waals surface area (Å²) in [6.45, 7) is 16.5. The maximum atomic E-state index is 14.6. The number of ether oxygens (including phenoxy) is 6. The number of benzene rings is 1. The number of hydrogen-bond acceptors (Lipinski definition) is 11. The molecule has 4 heterocycles. The maximum absolute atomic E-state index is 14.6. The average Bonchev–Trinajstić information content (AvgIpc) is 3.47. The highest BCUT2D eigenvalue weighted by Gasteiger charge is 2.78. The summed E-state index contributed by atoms with van der Waals surface area (Å²) < 4.78 is 37.4. The van der Waals surface area contributed by atoms with Crippen molar-refractivity contribution in [2.75, 3.05) is 6.61 Å². The highest BCUT2D eigenvalue weighted by atomic mass is 16.7. The van der Waals surface area contributed by atoms with Crippen LogP contribution >= 0.6 is 0 Å². The molecule has 256 valence electrons. The number of hydrogen-bond donors (Lipinski definition) is 0. The predicted octanol–water partition coefficient (Wildman–Crippen LogP) is 5.68. The van der Waals surface area contributed by atoms with Gasteiger partial charge in [-0.15, -0.1) is 0 Å². The number of allylic oxidation sites excluding steroid dienone is 1. The molecule has 6 aliphatic rings. The molecule has 0 aromatic heterocycles. The van der Waals surface area contributed by atoms with Crippen molar-refractivity contribution in [3.05, 3.63) is 28.8 Å². The van der Waals surface area contributed by atoms with Gasteiger partial charge in [0.15, 0.2) is 12.2 Å². The third-order valence-electron chi connectivity index (χ3n) is 13.7. The van der Waals surface area contributed by atoms with Gasteiger partial charge in [0.2, 0.25) is 11.2 Å². The molecule has 4 unspecified atom stereocenters. The lowest BCUT2D eigenvalue weighted by molar-refractivity contribution is -0.218. The molecule has 1 aromatic rings. The predicted molar refractivity (Wildman–Crippen MR) is 168 cm³/mol. The van der Waals surface area contributed by atoms with Crippen LogP contribution in [0.15, 0.2) is 17.7 Å². The molecule has 4 aliphatic heterocycles. The fraction of sp³-hybridized carbons (Fsp3) is 0.649. The Balaban J connectivity index is 1.35. The van der Waals surface area contributed by atoms with Crippen molar-refractivity contribution in [2.45, 2.75) is 123 Å². The average molecular weight is 662 g/mol. The Labute approximate surface area is 280 Å². The minimum Gasteiger partial charge on any atom is -0.488 e. The molecule has 0 N–H and O–H groups in total. The van der Waals surface area contributed by atoms with Gasteiger partial charge in [-0.05, 0) is 83.6 Å². The van der Waals surface area contributed by atoms with Crippen LogP contribution in [0.4, 0.5) is 0 Å². The monoisotopic (exact) mass is 661 g/mol. The number of carbonyl (C=O) groups excluding carboxylic acids is 4. The van der Waals surface area contributed by atoms with E-state index in [0.29, 0.717) is 35.5 Å². The highest BCUT2D eigenvalue weighted by molar-refractivity contribution is 5.95. The van der Waals surface area contributed by atoms with E-state index >= 15 is 0 Å². The molecule has 2 aliphatic carbocycles. The molecular weight excluding hydrogens is 618 g/mol. The largest absolute Gasteiger partial charge is 0.488 e. The molecule has 48 heavy (non-hydrogen) atoms. The number of nitrogens with zero attached hydrogens (tertiary/aromatic N) is 1. The van der Waals surface area contributed by atoms with E-state index in [2.05, 4.69) is 6.07 Å². The first-order valence-corrected chi connectivity index (χ1v) is 16.7. The Kier molecular flexibility index (Phi) is 6.46. The van der Waals surface area contributed by atoms with Gasteiger partial charge >= 0.3 is 23.9 Å². The van der Waals surface area contributed by atoms with Gasteiger partial charge in [0.25, 0.3) is 0 Å². The van der Waals surface area contributed by atoms with Gasteiger partial charge in [0, 0.05) is 16.4 Å². The van der Waals surface area contributed by atoms with Crippen LogP contribution in [0.5, 0.6) is 11.5 Å². The van der Waals surface area contributed by atoms with Crippen molar-refractivity contribution in [1.29, 1.82) is 5.26 Å². The van der Waals surface area contributed by atoms with Crippen molar-refractivity contribution < 1.29 is 47.6 Å². The maximum Gasteiger partial charge on any atom is 0.351 e. The number of nitriles is 1. The lowest BCUT2D eigenvalue weighted by Crippen LogP contribution is -2.58. The number of fused-ring (bicyclic) bond motifs is 7. The van der Waals surface area contributed by atoms with Crippen LogP contribution in [-0.2, 0) is 38.1 Å². The summed E-state index contributed by atoms with van der Waals surface area (Å²) in [6, 6.07) is 5.77. The number of rotatable bonds is 5. The summed E-state index contributed by atoms with van der Waals surface area (Å²) in [5, 5.41) is 9.40. The third-order valence-corrected chi connectivity index (χ3v) is 13.7. The van der Waals surface area contributed by atoms with Gasteiger partial charge in [-0.2, -0.15) is 5.26 Å². The van der Waals surface area contributed by atoms with E-state index in [-0.39, 0.29) is 25.9 Å². The molecule has 7 rings (SSSR count). The summed E-state index contributed by atoms with van der Waals surface area (Å²) in [7, 11) is 0. The fourth-order valence-electron chi connectivity index (χ4n) is 9.14. The van der Waals surface area contributed by atoms with Crippen molar-refractivity contribution in [3.63, 3.8) is 0 Å². The number of esters is 4. The zero-order valence-corrected chi connectivity index (χ0v) is 29.1. The SMILES string of the molecule is CC1=C(CC#N)COc2c1ccc1c2[C@@H](OC(=O)C23CCC(C)(C(=O)O2)C3(C)C)[C@@H](OC(=O)C23CCC(C)(C(=O)O2)C3(C)C)C(C)(C)O1. The zero-order valence-electron chi connectivity index (χ0n) is 29.1. The van der Waals surface area contributed by atoms with E-state index in [0.717, 1.165) is 11.1 Å². The second-order valence-electron chi connectivity index (χ2n) is 16.4. The normalized spacial score (nSPS) is 37.3. The Morgan fingerprint density at radius 2 is 1.38 bits per heavy atom. The molecule has 4 bridgehead atoms. The molecule has 6 atom stereocenters. The van der Waals surface area contributed by atoms with Gasteiger partial charge in [-0.1, -0.05) is 27.7 Å². The lowest BCUT2D eigenvalue weighted by Gasteiger charge is -2.46. The van der Waals surface area contributed by atoms with Gasteiger partial charge in [0.1, 0.15) is 23.7 Å². The van der Waals surface area contributed by atoms with E-state index < -0.39 is 74.5 Å². The Hall–Kier alpha value is -4.07. The quantitative estimate of drug-likeness (QED) is 0.284. The second kappa shape index (κ2) is 9.54. The van der Waals surface area contributed by atoms with Crippen molar-refractivity contribution in [2.24, 2.45) is 21.7 Å². The first-order chi connectivity index (χ1) is 22.2. The summed E-state index contributed by atoms with van der Waals surface area (Å²) in [5.74, 6) is -1.64. The van der Waals surface area contributed by atoms with E-state index in [1.165, 1.54) is 0 Å². The van der Waals surface area contributed by atoms with Crippen LogP contribution < -0.4 is 9.47 Å². The van der Waals surface area contributed by atoms with Crippen LogP contribution in [0, 0.1) is 33.0 Å². The number of carbonyl (C=O) groups is 4. The first kappa shape index (κ1) is 32.5. The molecule has 1 aromatic carbocycles. The van der Waals surface area contributed by atoms with Crippen LogP contribution in [0.3, 0.4) is 0 Å². The lowest BCUT2D eigenvalue weighted by atomic mass is 9.66. The van der Waals surface area contributed by atoms with Crippen molar-refractivity contribution in [3.8, 4) is 17.6 Å². The fourth-order valence-corrected chi connectivity index (χ4v) is 9.14. The van der Waals surface area contributed by atoms with Gasteiger partial charge < -0.3 is 28.4 Å². The van der Waals surface area contributed by atoms with E-state index in [1.807, 2.05) is 54.5 Å².